The molecule has 3 heterocycles. The zero-order chi connectivity index (χ0) is 18.8. The Morgan fingerprint density at radius 1 is 1.15 bits per heavy atom. The maximum absolute atomic E-state index is 12.9. The normalized spacial score (nSPS) is 24.5. The van der Waals surface area contributed by atoms with E-state index in [0.29, 0.717) is 18.5 Å². The molecule has 1 amide bonds. The van der Waals surface area contributed by atoms with Crippen molar-refractivity contribution in [3.8, 4) is 0 Å². The molecule has 2 saturated heterocycles. The number of amides is 1. The lowest BCUT2D eigenvalue weighted by Crippen LogP contribution is -2.55. The molecule has 1 aromatic carbocycles. The highest BCUT2D eigenvalue weighted by atomic mass is 16.6. The van der Waals surface area contributed by atoms with Gasteiger partial charge in [-0.1, -0.05) is 30.3 Å². The fourth-order valence-corrected chi connectivity index (χ4v) is 4.49. The summed E-state index contributed by atoms with van der Waals surface area (Å²) < 4.78 is 7.36. The highest BCUT2D eigenvalue weighted by Gasteiger charge is 2.44. The van der Waals surface area contributed by atoms with Crippen LogP contribution >= 0.6 is 0 Å². The Bertz CT molecular complexity index is 803. The number of hydrogen-bond acceptors (Lipinski definition) is 4. The quantitative estimate of drug-likeness (QED) is 0.775. The number of carbonyl (C=O) groups excluding carboxylic acids is 2. The van der Waals surface area contributed by atoms with E-state index in [1.165, 1.54) is 0 Å². The van der Waals surface area contributed by atoms with Crippen LogP contribution in [-0.4, -0.2) is 38.4 Å². The van der Waals surface area contributed by atoms with E-state index >= 15 is 0 Å². The van der Waals surface area contributed by atoms with Crippen LogP contribution in [0.25, 0.3) is 0 Å². The summed E-state index contributed by atoms with van der Waals surface area (Å²) >= 11 is 0. The van der Waals surface area contributed by atoms with E-state index in [-0.39, 0.29) is 36.5 Å². The molecular weight excluding hydrogens is 342 g/mol. The third-order valence-electron chi connectivity index (χ3n) is 5.83. The molecule has 0 saturated carbocycles. The predicted molar refractivity (Wildman–Crippen MR) is 100 cm³/mol. The molecule has 2 unspecified atom stereocenters. The molecule has 2 bridgehead atoms. The first-order valence-electron chi connectivity index (χ1n) is 9.63. The van der Waals surface area contributed by atoms with E-state index < -0.39 is 0 Å². The zero-order valence-corrected chi connectivity index (χ0v) is 15.6. The van der Waals surface area contributed by atoms with Crippen molar-refractivity contribution in [2.45, 2.75) is 50.8 Å². The lowest BCUT2D eigenvalue weighted by Gasteiger charge is -2.47. The van der Waals surface area contributed by atoms with E-state index in [9.17, 15) is 9.59 Å². The number of piperidine rings is 2. The number of ether oxygens (including phenoxy) is 1. The van der Waals surface area contributed by atoms with Gasteiger partial charge in [-0.15, -0.1) is 0 Å². The summed E-state index contributed by atoms with van der Waals surface area (Å²) in [5, 5.41) is 0. The molecule has 4 rings (SSSR count). The minimum absolute atomic E-state index is 0.0473. The standard InChI is InChI=1S/C21H25N3O3/c1-23-14-22-12-19(23)20(25)16-10-17-8-5-9-18(11-16)24(17)21(26)27-13-15-6-3-2-4-7-15/h2-4,6-7,12,14,16-18H,5,8-11,13H2,1H3. The molecule has 6 heteroatoms. The van der Waals surface area contributed by atoms with Crippen LogP contribution in [0.4, 0.5) is 4.79 Å². The maximum atomic E-state index is 12.9. The number of fused-ring (bicyclic) bond motifs is 2. The van der Waals surface area contributed by atoms with Gasteiger partial charge in [-0.3, -0.25) is 4.79 Å². The Morgan fingerprint density at radius 2 is 1.85 bits per heavy atom. The van der Waals surface area contributed by atoms with Crippen LogP contribution in [0.2, 0.25) is 0 Å². The second-order valence-corrected chi connectivity index (χ2v) is 7.61. The fourth-order valence-electron chi connectivity index (χ4n) is 4.49. The molecule has 0 N–H and O–H groups in total. The molecule has 2 aromatic rings. The summed E-state index contributed by atoms with van der Waals surface area (Å²) in [6, 6.07) is 9.89. The Balaban J connectivity index is 1.43. The monoisotopic (exact) mass is 367 g/mol. The van der Waals surface area contributed by atoms with E-state index in [4.69, 9.17) is 4.74 Å². The van der Waals surface area contributed by atoms with Gasteiger partial charge < -0.3 is 14.2 Å². The van der Waals surface area contributed by atoms with Crippen LogP contribution in [-0.2, 0) is 18.4 Å². The number of aryl methyl sites for hydroxylation is 1. The van der Waals surface area contributed by atoms with Crippen molar-refractivity contribution in [2.75, 3.05) is 0 Å². The average Bonchev–Trinajstić information content (AvgIpc) is 3.11. The minimum Gasteiger partial charge on any atom is -0.445 e. The SMILES string of the molecule is Cn1cncc1C(=O)C1CC2CCCC(C1)N2C(=O)OCc1ccccc1. The molecule has 0 radical (unpaired) electrons. The molecule has 2 fully saturated rings. The van der Waals surface area contributed by atoms with Crippen LogP contribution in [0.3, 0.4) is 0 Å². The molecule has 0 aliphatic carbocycles. The van der Waals surface area contributed by atoms with Crippen LogP contribution in [0.1, 0.15) is 48.2 Å². The Kier molecular flexibility index (Phi) is 4.97. The molecule has 142 valence electrons. The molecule has 2 aliphatic rings. The number of nitrogens with zero attached hydrogens (tertiary/aromatic N) is 3. The lowest BCUT2D eigenvalue weighted by molar-refractivity contribution is 0.00456. The number of carbonyl (C=O) groups is 2. The first-order chi connectivity index (χ1) is 13.1. The Labute approximate surface area is 159 Å². The molecule has 27 heavy (non-hydrogen) atoms. The Morgan fingerprint density at radius 3 is 2.48 bits per heavy atom. The van der Waals surface area contributed by atoms with Crippen molar-refractivity contribution >= 4 is 11.9 Å². The van der Waals surface area contributed by atoms with Gasteiger partial charge in [-0.05, 0) is 37.7 Å². The lowest BCUT2D eigenvalue weighted by atomic mass is 9.76. The fraction of sp³-hybridized carbons (Fsp3) is 0.476. The number of imidazole rings is 1. The summed E-state index contributed by atoms with van der Waals surface area (Å²) in [6.07, 6.45) is 7.44. The van der Waals surface area contributed by atoms with Gasteiger partial charge in [-0.25, -0.2) is 9.78 Å². The third-order valence-corrected chi connectivity index (χ3v) is 5.83. The van der Waals surface area contributed by atoms with Crippen molar-refractivity contribution in [3.63, 3.8) is 0 Å². The van der Waals surface area contributed by atoms with Gasteiger partial charge in [0.2, 0.25) is 0 Å². The van der Waals surface area contributed by atoms with E-state index in [2.05, 4.69) is 4.98 Å². The average molecular weight is 367 g/mol. The number of benzene rings is 1. The van der Waals surface area contributed by atoms with Gasteiger partial charge >= 0.3 is 6.09 Å². The van der Waals surface area contributed by atoms with Crippen LogP contribution in [0.5, 0.6) is 0 Å². The van der Waals surface area contributed by atoms with E-state index in [1.807, 2.05) is 42.3 Å². The summed E-state index contributed by atoms with van der Waals surface area (Å²) in [4.78, 5) is 31.6. The number of hydrogen-bond donors (Lipinski definition) is 0. The summed E-state index contributed by atoms with van der Waals surface area (Å²) in [6.45, 7) is 0.285. The van der Waals surface area contributed by atoms with Gasteiger partial charge in [0.05, 0.1) is 12.5 Å². The highest BCUT2D eigenvalue weighted by molar-refractivity contribution is 5.96. The molecule has 2 atom stereocenters. The van der Waals surface area contributed by atoms with Gasteiger partial charge in [0.25, 0.3) is 0 Å². The van der Waals surface area contributed by atoms with Crippen molar-refractivity contribution < 1.29 is 14.3 Å². The van der Waals surface area contributed by atoms with Crippen molar-refractivity contribution in [1.82, 2.24) is 14.5 Å². The highest BCUT2D eigenvalue weighted by Crippen LogP contribution is 2.38. The summed E-state index contributed by atoms with van der Waals surface area (Å²) in [5.74, 6) is 0.0954. The summed E-state index contributed by atoms with van der Waals surface area (Å²) in [7, 11) is 1.84. The van der Waals surface area contributed by atoms with Crippen LogP contribution in [0.15, 0.2) is 42.9 Å². The third kappa shape index (κ3) is 3.61. The van der Waals surface area contributed by atoms with Crippen molar-refractivity contribution in [3.05, 3.63) is 54.1 Å². The van der Waals surface area contributed by atoms with Gasteiger partial charge in [-0.2, -0.15) is 0 Å². The molecule has 2 aliphatic heterocycles. The minimum atomic E-state index is -0.250. The van der Waals surface area contributed by atoms with Gasteiger partial charge in [0.15, 0.2) is 5.78 Å². The topological polar surface area (TPSA) is 64.4 Å². The Hall–Kier alpha value is -2.63. The molecular formula is C21H25N3O3. The zero-order valence-electron chi connectivity index (χ0n) is 15.6. The largest absolute Gasteiger partial charge is 0.445 e. The molecule has 1 aromatic heterocycles. The number of rotatable bonds is 4. The van der Waals surface area contributed by atoms with Gasteiger partial charge in [0.1, 0.15) is 12.3 Å². The van der Waals surface area contributed by atoms with E-state index in [0.717, 1.165) is 24.8 Å². The first kappa shape index (κ1) is 17.8. The van der Waals surface area contributed by atoms with Crippen LogP contribution in [0, 0.1) is 5.92 Å². The van der Waals surface area contributed by atoms with Gasteiger partial charge in [0, 0.05) is 25.0 Å². The second-order valence-electron chi connectivity index (χ2n) is 7.61. The van der Waals surface area contributed by atoms with Crippen LogP contribution < -0.4 is 0 Å². The van der Waals surface area contributed by atoms with E-state index in [1.54, 1.807) is 17.1 Å². The molecule has 6 nitrogen and oxygen atoms in total. The van der Waals surface area contributed by atoms with Crippen molar-refractivity contribution in [1.29, 1.82) is 0 Å². The predicted octanol–water partition coefficient (Wildman–Crippen LogP) is 3.57. The van der Waals surface area contributed by atoms with Crippen molar-refractivity contribution in [2.24, 2.45) is 13.0 Å². The summed E-state index contributed by atoms with van der Waals surface area (Å²) in [5.41, 5.74) is 1.63. The second kappa shape index (κ2) is 7.55. The molecule has 0 spiro atoms. The maximum Gasteiger partial charge on any atom is 0.410 e. The smallest absolute Gasteiger partial charge is 0.410 e. The number of Topliss-reactive ketones (excluding diaryl/α,β-unsaturated/α-hetero) is 1. The first-order valence-corrected chi connectivity index (χ1v) is 9.63. The number of ketones is 1. The number of aromatic nitrogens is 2.